The topological polar surface area (TPSA) is 26.3 Å². The van der Waals surface area contributed by atoms with E-state index in [0.717, 1.165) is 38.5 Å². The highest BCUT2D eigenvalue weighted by molar-refractivity contribution is 6.74. The van der Waals surface area contributed by atoms with Gasteiger partial charge in [0, 0.05) is 20.7 Å². The molecule has 4 aliphatic carbocycles. The average molecular weight is 405 g/mol. The van der Waals surface area contributed by atoms with Gasteiger partial charge in [0.2, 0.25) is 0 Å². The van der Waals surface area contributed by atoms with Crippen LogP contribution in [0, 0.1) is 28.6 Å². The Morgan fingerprint density at radius 3 is 2.43 bits per heavy atom. The van der Waals surface area contributed by atoms with Crippen LogP contribution in [0.5, 0.6) is 0 Å². The number of fused-ring (bicyclic) bond motifs is 5. The van der Waals surface area contributed by atoms with Crippen LogP contribution in [0.3, 0.4) is 0 Å². The van der Waals surface area contributed by atoms with Crippen LogP contribution in [-0.4, -0.2) is 20.2 Å². The maximum Gasteiger partial charge on any atom is 0.192 e. The summed E-state index contributed by atoms with van der Waals surface area (Å²) >= 11 is 0. The lowest BCUT2D eigenvalue weighted by atomic mass is 9.48. The Bertz CT molecular complexity index is 768. The molecule has 0 aromatic heterocycles. The molecule has 0 aromatic carbocycles. The van der Waals surface area contributed by atoms with Gasteiger partial charge in [0.15, 0.2) is 8.32 Å². The highest BCUT2D eigenvalue weighted by atomic mass is 28.4. The summed E-state index contributed by atoms with van der Waals surface area (Å²) in [6.45, 7) is 16.0. The summed E-state index contributed by atoms with van der Waals surface area (Å²) in [5, 5.41) is 0.192. The zero-order chi connectivity index (χ0) is 22.3. The number of hydrogen-bond donors (Lipinski definition) is 0. The third kappa shape index (κ3) is 3.02. The van der Waals surface area contributed by atoms with Crippen LogP contribution >= 0.6 is 0 Å². The molecule has 3 saturated carbocycles. The van der Waals surface area contributed by atoms with Crippen LogP contribution in [0.15, 0.2) is 11.6 Å². The number of Topliss-reactive ketones (excluding diaryl/α,β-unsaturated/α-hetero) is 1. The van der Waals surface area contributed by atoms with Gasteiger partial charge in [-0.3, -0.25) is 4.79 Å². The first-order valence-corrected chi connectivity index (χ1v) is 14.5. The van der Waals surface area contributed by atoms with E-state index in [9.17, 15) is 4.79 Å². The third-order valence-electron chi connectivity index (χ3n) is 9.68. The fourth-order valence-corrected chi connectivity index (χ4v) is 7.99. The van der Waals surface area contributed by atoms with Gasteiger partial charge >= 0.3 is 0 Å². The smallest absolute Gasteiger partial charge is 0.192 e. The lowest BCUT2D eigenvalue weighted by Crippen LogP contribution is -2.51. The normalized spacial score (nSPS) is 46.7. The predicted molar refractivity (Wildman–Crippen MR) is 119 cm³/mol. The van der Waals surface area contributed by atoms with Gasteiger partial charge in [-0.15, -0.1) is 0 Å². The van der Waals surface area contributed by atoms with Crippen molar-refractivity contribution in [1.82, 2.24) is 0 Å². The molecule has 0 amide bonds. The van der Waals surface area contributed by atoms with Gasteiger partial charge in [-0.1, -0.05) is 46.3 Å². The predicted octanol–water partition coefficient (Wildman–Crippen LogP) is 6.91. The fraction of sp³-hybridized carbons (Fsp3) is 0.880. The lowest BCUT2D eigenvalue weighted by Gasteiger charge is -2.57. The molecule has 0 aromatic rings. The van der Waals surface area contributed by atoms with Gasteiger partial charge in [0.1, 0.15) is 5.78 Å². The Balaban J connectivity index is 1.64. The van der Waals surface area contributed by atoms with Crippen molar-refractivity contribution in [3.8, 4) is 0 Å². The second-order valence-corrected chi connectivity index (χ2v) is 16.9. The quantitative estimate of drug-likeness (QED) is 0.369. The molecule has 4 rings (SSSR count). The van der Waals surface area contributed by atoms with E-state index in [1.807, 2.05) is 6.08 Å². The molecule has 0 spiro atoms. The number of ketones is 1. The zero-order valence-electron chi connectivity index (χ0n) is 21.2. The van der Waals surface area contributed by atoms with Crippen molar-refractivity contribution >= 4 is 14.1 Å². The summed E-state index contributed by atoms with van der Waals surface area (Å²) in [4.78, 5) is 12.7. The van der Waals surface area contributed by atoms with Gasteiger partial charge in [0.25, 0.3) is 0 Å². The molecule has 2 nitrogen and oxygen atoms in total. The summed E-state index contributed by atoms with van der Waals surface area (Å²) in [5.41, 5.74) is 1.08. The van der Waals surface area contributed by atoms with Crippen molar-refractivity contribution in [1.29, 1.82) is 0 Å². The van der Waals surface area contributed by atoms with Crippen molar-refractivity contribution in [2.24, 2.45) is 28.6 Å². The third-order valence-corrected chi connectivity index (χ3v) is 14.2. The Hall–Kier alpha value is -0.413. The molecule has 6 atom stereocenters. The first kappa shape index (κ1) is 18.4. The molecule has 0 bridgehead atoms. The molecule has 0 heterocycles. The summed E-state index contributed by atoms with van der Waals surface area (Å²) in [7, 11) is -1.84. The standard InChI is InChI=1S/C25H42O2Si/c1-23(2,3)28(6,7)27-18-12-14-24(4)17(16-18)8-9-19-20-10-11-22(26)25(20,5)15-13-21(19)24/h8,18-21H,9-16H2,1-7H3/t18-,19-,20-,21-,24-,25-/m0/s1/i9D2. The summed E-state index contributed by atoms with van der Waals surface area (Å²) in [5.74, 6) is 0.919. The summed E-state index contributed by atoms with van der Waals surface area (Å²) < 4.78 is 24.9. The molecule has 0 radical (unpaired) electrons. The number of carbonyl (C=O) groups excluding carboxylic acids is 1. The monoisotopic (exact) mass is 404 g/mol. The molecule has 0 aliphatic heterocycles. The molecule has 0 unspecified atom stereocenters. The molecule has 4 aliphatic rings. The first-order valence-electron chi connectivity index (χ1n) is 12.6. The maximum atomic E-state index is 12.7. The van der Waals surface area contributed by atoms with Gasteiger partial charge in [0.05, 0.1) is 0 Å². The molecule has 0 saturated heterocycles. The van der Waals surface area contributed by atoms with Crippen molar-refractivity contribution in [2.45, 2.75) is 110 Å². The van der Waals surface area contributed by atoms with E-state index < -0.39 is 14.7 Å². The van der Waals surface area contributed by atoms with Crippen LogP contribution in [0.25, 0.3) is 0 Å². The zero-order valence-corrected chi connectivity index (χ0v) is 20.2. The van der Waals surface area contributed by atoms with E-state index in [0.29, 0.717) is 18.1 Å². The Labute approximate surface area is 176 Å². The second-order valence-electron chi connectivity index (χ2n) is 12.2. The van der Waals surface area contributed by atoms with E-state index in [1.54, 1.807) is 0 Å². The van der Waals surface area contributed by atoms with Crippen LogP contribution in [-0.2, 0) is 9.22 Å². The van der Waals surface area contributed by atoms with Crippen molar-refractivity contribution in [2.75, 3.05) is 0 Å². The first-order chi connectivity index (χ1) is 13.6. The van der Waals surface area contributed by atoms with Crippen LogP contribution in [0.2, 0.25) is 18.1 Å². The average Bonchev–Trinajstić information content (AvgIpc) is 2.90. The van der Waals surface area contributed by atoms with Gasteiger partial charge < -0.3 is 4.43 Å². The van der Waals surface area contributed by atoms with Gasteiger partial charge in [-0.2, -0.15) is 0 Å². The summed E-state index contributed by atoms with van der Waals surface area (Å²) in [6, 6.07) is 0. The summed E-state index contributed by atoms with van der Waals surface area (Å²) in [6.07, 6.45) is 7.40. The molecule has 28 heavy (non-hydrogen) atoms. The van der Waals surface area contributed by atoms with Crippen LogP contribution < -0.4 is 0 Å². The van der Waals surface area contributed by atoms with Crippen LogP contribution in [0.4, 0.5) is 0 Å². The van der Waals surface area contributed by atoms with E-state index >= 15 is 0 Å². The fourth-order valence-electron chi connectivity index (χ4n) is 6.60. The number of hydrogen-bond acceptors (Lipinski definition) is 2. The van der Waals surface area contributed by atoms with E-state index in [4.69, 9.17) is 7.17 Å². The Morgan fingerprint density at radius 1 is 1.11 bits per heavy atom. The SMILES string of the molecule is [2H]C1([2H])C=C2C[C@@H](O[Si](C)(C)C(C)(C)C)CC[C@]2(C)[C@H]2CC[C@]3(C)C(=O)CC[C@H]3[C@@H]21. The van der Waals surface area contributed by atoms with E-state index in [2.05, 4.69) is 47.7 Å². The molecular weight excluding hydrogens is 360 g/mol. The van der Waals surface area contributed by atoms with E-state index in [1.165, 1.54) is 5.57 Å². The van der Waals surface area contributed by atoms with Gasteiger partial charge in [-0.25, -0.2) is 0 Å². The number of rotatable bonds is 2. The maximum absolute atomic E-state index is 12.7. The minimum Gasteiger partial charge on any atom is -0.414 e. The molecule has 3 fully saturated rings. The molecular formula is C25H42O2Si. The van der Waals surface area contributed by atoms with Gasteiger partial charge in [-0.05, 0) is 86.2 Å². The number of allylic oxidation sites excluding steroid dienone is 1. The number of carbonyl (C=O) groups is 1. The molecule has 0 N–H and O–H groups in total. The Morgan fingerprint density at radius 2 is 1.75 bits per heavy atom. The van der Waals surface area contributed by atoms with Crippen molar-refractivity contribution in [3.05, 3.63) is 11.6 Å². The molecule has 3 heteroatoms. The van der Waals surface area contributed by atoms with Crippen molar-refractivity contribution < 1.29 is 12.0 Å². The highest BCUT2D eigenvalue weighted by Gasteiger charge is 2.58. The minimum atomic E-state index is -1.84. The van der Waals surface area contributed by atoms with Crippen LogP contribution in [0.1, 0.15) is 88.7 Å². The highest BCUT2D eigenvalue weighted by Crippen LogP contribution is 2.64. The van der Waals surface area contributed by atoms with E-state index in [-0.39, 0.29) is 33.8 Å². The largest absolute Gasteiger partial charge is 0.414 e. The second kappa shape index (κ2) is 6.54. The minimum absolute atomic E-state index is 0.0192. The Kier molecular flexibility index (Phi) is 4.29. The lowest BCUT2D eigenvalue weighted by molar-refractivity contribution is -0.131. The molecule has 158 valence electrons. The van der Waals surface area contributed by atoms with Crippen molar-refractivity contribution in [3.63, 3.8) is 0 Å².